The first-order valence-corrected chi connectivity index (χ1v) is 7.56. The lowest BCUT2D eigenvalue weighted by atomic mass is 10.1. The Bertz CT molecular complexity index is 648. The Kier molecular flexibility index (Phi) is 3.93. The van der Waals surface area contributed by atoms with E-state index in [1.54, 1.807) is 0 Å². The fourth-order valence-electron chi connectivity index (χ4n) is 2.34. The van der Waals surface area contributed by atoms with E-state index in [9.17, 15) is 0 Å². The Balaban J connectivity index is 1.78. The largest absolute Gasteiger partial charge is 0.439 e. The van der Waals surface area contributed by atoms with Gasteiger partial charge in [0.2, 0.25) is 5.88 Å². The first-order valence-electron chi connectivity index (χ1n) is 7.56. The topological polar surface area (TPSA) is 34.1 Å². The molecule has 1 aliphatic carbocycles. The predicted molar refractivity (Wildman–Crippen MR) is 84.8 cm³/mol. The van der Waals surface area contributed by atoms with Crippen molar-refractivity contribution in [2.75, 3.05) is 0 Å². The average Bonchev–Trinajstić information content (AvgIpc) is 3.24. The van der Waals surface area contributed by atoms with E-state index in [-0.39, 0.29) is 0 Å². The zero-order valence-corrected chi connectivity index (χ0v) is 12.9. The highest BCUT2D eigenvalue weighted by Crippen LogP contribution is 2.26. The van der Waals surface area contributed by atoms with Crippen LogP contribution in [0.2, 0.25) is 0 Å². The molecule has 0 radical (unpaired) electrons. The van der Waals surface area contributed by atoms with Crippen molar-refractivity contribution in [2.24, 2.45) is 0 Å². The van der Waals surface area contributed by atoms with Crippen LogP contribution in [0.1, 0.15) is 35.2 Å². The molecule has 2 aromatic rings. The van der Waals surface area contributed by atoms with Crippen LogP contribution in [0.25, 0.3) is 0 Å². The predicted octanol–water partition coefficient (Wildman–Crippen LogP) is 4.05. The molecule has 1 heterocycles. The third-order valence-corrected chi connectivity index (χ3v) is 3.72. The summed E-state index contributed by atoms with van der Waals surface area (Å²) in [5.41, 5.74) is 4.54. The molecule has 0 spiro atoms. The summed E-state index contributed by atoms with van der Waals surface area (Å²) in [6.07, 6.45) is 2.60. The van der Waals surface area contributed by atoms with Gasteiger partial charge in [-0.05, 0) is 62.4 Å². The maximum atomic E-state index is 6.00. The number of aryl methyl sites for hydroxylation is 3. The van der Waals surface area contributed by atoms with Crippen molar-refractivity contribution >= 4 is 0 Å². The molecule has 1 saturated carbocycles. The van der Waals surface area contributed by atoms with Gasteiger partial charge in [-0.1, -0.05) is 12.1 Å². The molecule has 1 aliphatic rings. The lowest BCUT2D eigenvalue weighted by Crippen LogP contribution is -2.15. The maximum Gasteiger partial charge on any atom is 0.219 e. The van der Waals surface area contributed by atoms with Gasteiger partial charge in [0.15, 0.2) is 0 Å². The Morgan fingerprint density at radius 3 is 2.71 bits per heavy atom. The molecule has 0 amide bonds. The standard InChI is InChI=1S/C18H22N2O/c1-12-4-5-13(2)17(8-12)21-18-10-15(9-14(3)20-18)11-19-16-6-7-16/h4-5,8-10,16,19H,6-7,11H2,1-3H3. The fourth-order valence-corrected chi connectivity index (χ4v) is 2.34. The van der Waals surface area contributed by atoms with Gasteiger partial charge >= 0.3 is 0 Å². The zero-order chi connectivity index (χ0) is 14.8. The van der Waals surface area contributed by atoms with Crippen molar-refractivity contribution in [1.82, 2.24) is 10.3 Å². The van der Waals surface area contributed by atoms with E-state index in [0.717, 1.165) is 23.6 Å². The number of benzene rings is 1. The van der Waals surface area contributed by atoms with E-state index in [2.05, 4.69) is 48.4 Å². The van der Waals surface area contributed by atoms with Crippen molar-refractivity contribution in [3.05, 3.63) is 52.7 Å². The van der Waals surface area contributed by atoms with Gasteiger partial charge in [-0.3, -0.25) is 0 Å². The average molecular weight is 282 g/mol. The van der Waals surface area contributed by atoms with Crippen LogP contribution < -0.4 is 10.1 Å². The second kappa shape index (κ2) is 5.86. The normalized spacial score (nSPS) is 14.2. The molecule has 1 aromatic heterocycles. The lowest BCUT2D eigenvalue weighted by Gasteiger charge is -2.11. The monoisotopic (exact) mass is 282 g/mol. The number of rotatable bonds is 5. The zero-order valence-electron chi connectivity index (χ0n) is 12.9. The maximum absolute atomic E-state index is 6.00. The molecule has 110 valence electrons. The molecule has 0 atom stereocenters. The van der Waals surface area contributed by atoms with E-state index in [0.29, 0.717) is 11.9 Å². The summed E-state index contributed by atoms with van der Waals surface area (Å²) in [6.45, 7) is 7.02. The number of nitrogens with zero attached hydrogens (tertiary/aromatic N) is 1. The summed E-state index contributed by atoms with van der Waals surface area (Å²) in [7, 11) is 0. The molecule has 1 N–H and O–H groups in total. The molecule has 1 aromatic carbocycles. The molecule has 3 heteroatoms. The minimum Gasteiger partial charge on any atom is -0.439 e. The second-order valence-electron chi connectivity index (χ2n) is 5.98. The van der Waals surface area contributed by atoms with Crippen molar-refractivity contribution < 1.29 is 4.74 Å². The van der Waals surface area contributed by atoms with Crippen LogP contribution in [0.5, 0.6) is 11.6 Å². The van der Waals surface area contributed by atoms with Crippen LogP contribution in [-0.4, -0.2) is 11.0 Å². The number of ether oxygens (including phenoxy) is 1. The van der Waals surface area contributed by atoms with Crippen LogP contribution in [-0.2, 0) is 6.54 Å². The third kappa shape index (κ3) is 3.82. The molecule has 3 rings (SSSR count). The van der Waals surface area contributed by atoms with E-state index >= 15 is 0 Å². The first kappa shape index (κ1) is 14.1. The van der Waals surface area contributed by atoms with Crippen molar-refractivity contribution in [1.29, 1.82) is 0 Å². The van der Waals surface area contributed by atoms with Crippen LogP contribution >= 0.6 is 0 Å². The quantitative estimate of drug-likeness (QED) is 0.898. The Labute approximate surface area is 126 Å². The van der Waals surface area contributed by atoms with Gasteiger partial charge < -0.3 is 10.1 Å². The van der Waals surface area contributed by atoms with Crippen molar-refractivity contribution in [3.63, 3.8) is 0 Å². The number of aromatic nitrogens is 1. The van der Waals surface area contributed by atoms with Gasteiger partial charge in [0.1, 0.15) is 5.75 Å². The van der Waals surface area contributed by atoms with Gasteiger partial charge in [-0.2, -0.15) is 0 Å². The van der Waals surface area contributed by atoms with E-state index in [1.165, 1.54) is 24.0 Å². The molecular formula is C18H22N2O. The molecule has 1 fully saturated rings. The van der Waals surface area contributed by atoms with Crippen molar-refractivity contribution in [2.45, 2.75) is 46.2 Å². The number of pyridine rings is 1. The van der Waals surface area contributed by atoms with Gasteiger partial charge in [0.05, 0.1) is 0 Å². The highest BCUT2D eigenvalue weighted by molar-refractivity contribution is 5.39. The van der Waals surface area contributed by atoms with Crippen molar-refractivity contribution in [3.8, 4) is 11.6 Å². The van der Waals surface area contributed by atoms with Crippen LogP contribution in [0, 0.1) is 20.8 Å². The summed E-state index contributed by atoms with van der Waals surface area (Å²) >= 11 is 0. The molecule has 0 saturated heterocycles. The summed E-state index contributed by atoms with van der Waals surface area (Å²) in [4.78, 5) is 4.49. The Morgan fingerprint density at radius 1 is 1.14 bits per heavy atom. The summed E-state index contributed by atoms with van der Waals surface area (Å²) < 4.78 is 6.00. The van der Waals surface area contributed by atoms with Gasteiger partial charge in [-0.15, -0.1) is 0 Å². The Hall–Kier alpha value is -1.87. The SMILES string of the molecule is Cc1ccc(C)c(Oc2cc(CNC3CC3)cc(C)n2)c1. The number of hydrogen-bond acceptors (Lipinski definition) is 3. The molecular weight excluding hydrogens is 260 g/mol. The van der Waals surface area contributed by atoms with Crippen LogP contribution in [0.3, 0.4) is 0 Å². The van der Waals surface area contributed by atoms with E-state index in [1.807, 2.05) is 13.0 Å². The van der Waals surface area contributed by atoms with E-state index in [4.69, 9.17) is 4.74 Å². The fraction of sp³-hybridized carbons (Fsp3) is 0.389. The minimum atomic E-state index is 0.677. The molecule has 0 unspecified atom stereocenters. The highest BCUT2D eigenvalue weighted by Gasteiger charge is 2.20. The van der Waals surface area contributed by atoms with E-state index < -0.39 is 0 Å². The van der Waals surface area contributed by atoms with Gasteiger partial charge in [0.25, 0.3) is 0 Å². The Morgan fingerprint density at radius 2 is 1.95 bits per heavy atom. The summed E-state index contributed by atoms with van der Waals surface area (Å²) in [5.74, 6) is 1.56. The smallest absolute Gasteiger partial charge is 0.219 e. The summed E-state index contributed by atoms with van der Waals surface area (Å²) in [5, 5.41) is 3.53. The van der Waals surface area contributed by atoms with Crippen LogP contribution in [0.15, 0.2) is 30.3 Å². The molecule has 0 aliphatic heterocycles. The first-order chi connectivity index (χ1) is 10.1. The van der Waals surface area contributed by atoms with Gasteiger partial charge in [0, 0.05) is 24.3 Å². The molecule has 3 nitrogen and oxygen atoms in total. The van der Waals surface area contributed by atoms with Crippen LogP contribution in [0.4, 0.5) is 0 Å². The third-order valence-electron chi connectivity index (χ3n) is 3.72. The van der Waals surface area contributed by atoms with Gasteiger partial charge in [-0.25, -0.2) is 4.98 Å². The number of nitrogens with one attached hydrogen (secondary N) is 1. The molecule has 0 bridgehead atoms. The molecule has 21 heavy (non-hydrogen) atoms. The highest BCUT2D eigenvalue weighted by atomic mass is 16.5. The second-order valence-corrected chi connectivity index (χ2v) is 5.98. The summed E-state index contributed by atoms with van der Waals surface area (Å²) in [6, 6.07) is 11.1. The minimum absolute atomic E-state index is 0.677. The lowest BCUT2D eigenvalue weighted by molar-refractivity contribution is 0.456. The number of hydrogen-bond donors (Lipinski definition) is 1.